The number of hydrogen-bond acceptors (Lipinski definition) is 4. The minimum Gasteiger partial charge on any atom is -0.342 e. The number of likely N-dealkylation sites (tertiary alicyclic amines) is 1. The van der Waals surface area contributed by atoms with Crippen molar-refractivity contribution in [2.45, 2.75) is 32.2 Å². The molecule has 0 aromatic carbocycles. The lowest BCUT2D eigenvalue weighted by Gasteiger charge is -2.35. The van der Waals surface area contributed by atoms with E-state index < -0.39 is 0 Å². The van der Waals surface area contributed by atoms with Crippen molar-refractivity contribution in [3.05, 3.63) is 36.3 Å². The number of rotatable bonds is 4. The fourth-order valence-electron chi connectivity index (χ4n) is 4.01. The van der Waals surface area contributed by atoms with E-state index in [0.29, 0.717) is 12.5 Å². The summed E-state index contributed by atoms with van der Waals surface area (Å²) in [6, 6.07) is 6.08. The van der Waals surface area contributed by atoms with Gasteiger partial charge in [-0.2, -0.15) is 0 Å². The summed E-state index contributed by atoms with van der Waals surface area (Å²) in [5.41, 5.74) is 2.12. The van der Waals surface area contributed by atoms with Gasteiger partial charge in [0.25, 0.3) is 0 Å². The average molecular weight is 355 g/mol. The Kier molecular flexibility index (Phi) is 5.51. The highest BCUT2D eigenvalue weighted by atomic mass is 16.2. The van der Waals surface area contributed by atoms with Gasteiger partial charge in [-0.25, -0.2) is 4.98 Å². The predicted molar refractivity (Wildman–Crippen MR) is 102 cm³/mol. The number of aromatic nitrogens is 2. The first-order chi connectivity index (χ1) is 12.8. The summed E-state index contributed by atoms with van der Waals surface area (Å²) in [7, 11) is 0. The summed E-state index contributed by atoms with van der Waals surface area (Å²) in [6.07, 6.45) is 9.02. The lowest BCUT2D eigenvalue weighted by molar-refractivity contribution is -0.132. The summed E-state index contributed by atoms with van der Waals surface area (Å²) in [6.45, 7) is 7.30. The monoisotopic (exact) mass is 355 g/mol. The summed E-state index contributed by atoms with van der Waals surface area (Å²) in [5.74, 6) is 0.320. The number of carbonyl (C=O) groups is 1. The van der Waals surface area contributed by atoms with Gasteiger partial charge in [0.2, 0.25) is 5.91 Å². The number of imidazole rings is 1. The highest BCUT2D eigenvalue weighted by Crippen LogP contribution is 2.12. The Morgan fingerprint density at radius 1 is 0.923 bits per heavy atom. The molecule has 2 aliphatic rings. The van der Waals surface area contributed by atoms with Gasteiger partial charge in [0.05, 0.1) is 12.2 Å². The molecule has 0 N–H and O–H groups in total. The van der Waals surface area contributed by atoms with Crippen molar-refractivity contribution in [1.29, 1.82) is 0 Å². The predicted octanol–water partition coefficient (Wildman–Crippen LogP) is 1.85. The van der Waals surface area contributed by atoms with Crippen LogP contribution in [0, 0.1) is 0 Å². The van der Waals surface area contributed by atoms with Gasteiger partial charge in [0.1, 0.15) is 5.65 Å². The van der Waals surface area contributed by atoms with E-state index in [1.54, 1.807) is 0 Å². The molecule has 0 bridgehead atoms. The van der Waals surface area contributed by atoms with Crippen LogP contribution >= 0.6 is 0 Å². The van der Waals surface area contributed by atoms with Gasteiger partial charge in [-0.15, -0.1) is 0 Å². The molecule has 0 radical (unpaired) electrons. The second-order valence-electron chi connectivity index (χ2n) is 7.55. The first-order valence-corrected chi connectivity index (χ1v) is 9.93. The van der Waals surface area contributed by atoms with Crippen LogP contribution in [0.4, 0.5) is 0 Å². The second kappa shape index (κ2) is 8.18. The summed E-state index contributed by atoms with van der Waals surface area (Å²) >= 11 is 0. The number of hydrogen-bond donors (Lipinski definition) is 0. The smallest absolute Gasteiger partial charge is 0.236 e. The maximum Gasteiger partial charge on any atom is 0.236 e. The van der Waals surface area contributed by atoms with Crippen molar-refractivity contribution < 1.29 is 4.79 Å². The Morgan fingerprint density at radius 2 is 1.65 bits per heavy atom. The first-order valence-electron chi connectivity index (χ1n) is 9.93. The van der Waals surface area contributed by atoms with E-state index in [-0.39, 0.29) is 0 Å². The number of pyridine rings is 1. The van der Waals surface area contributed by atoms with Crippen molar-refractivity contribution in [2.75, 3.05) is 45.8 Å². The molecule has 0 unspecified atom stereocenters. The van der Waals surface area contributed by atoms with Gasteiger partial charge in [-0.1, -0.05) is 18.9 Å². The molecule has 2 aromatic rings. The number of carbonyl (C=O) groups excluding carboxylic acids is 1. The van der Waals surface area contributed by atoms with Crippen molar-refractivity contribution >= 4 is 11.6 Å². The maximum absolute atomic E-state index is 12.5. The van der Waals surface area contributed by atoms with Gasteiger partial charge < -0.3 is 9.30 Å². The van der Waals surface area contributed by atoms with Crippen molar-refractivity contribution in [2.24, 2.45) is 0 Å². The van der Waals surface area contributed by atoms with Crippen molar-refractivity contribution in [3.63, 3.8) is 0 Å². The molecule has 6 nitrogen and oxygen atoms in total. The van der Waals surface area contributed by atoms with Crippen LogP contribution in [-0.4, -0.2) is 75.8 Å². The van der Waals surface area contributed by atoms with Gasteiger partial charge in [-0.05, 0) is 25.0 Å². The highest BCUT2D eigenvalue weighted by Gasteiger charge is 2.22. The number of nitrogens with zero attached hydrogens (tertiary/aromatic N) is 5. The molecule has 2 aliphatic heterocycles. The molecule has 4 heterocycles. The maximum atomic E-state index is 12.5. The van der Waals surface area contributed by atoms with E-state index in [0.717, 1.165) is 57.2 Å². The zero-order valence-electron chi connectivity index (χ0n) is 15.5. The third kappa shape index (κ3) is 4.24. The van der Waals surface area contributed by atoms with Crippen LogP contribution in [-0.2, 0) is 11.3 Å². The molecule has 2 fully saturated rings. The average Bonchev–Trinajstić information content (AvgIpc) is 2.87. The second-order valence-corrected chi connectivity index (χ2v) is 7.55. The Morgan fingerprint density at radius 3 is 2.38 bits per heavy atom. The molecular formula is C20H29N5O. The van der Waals surface area contributed by atoms with Crippen LogP contribution in [0.1, 0.15) is 31.4 Å². The minimum atomic E-state index is 0.320. The number of amides is 1. The van der Waals surface area contributed by atoms with Crippen molar-refractivity contribution in [1.82, 2.24) is 24.1 Å². The molecule has 140 valence electrons. The molecule has 26 heavy (non-hydrogen) atoms. The Bertz CT molecular complexity index is 694. The van der Waals surface area contributed by atoms with E-state index in [2.05, 4.69) is 25.3 Å². The molecule has 0 saturated carbocycles. The highest BCUT2D eigenvalue weighted by molar-refractivity contribution is 5.78. The molecule has 0 aliphatic carbocycles. The molecule has 2 saturated heterocycles. The van der Waals surface area contributed by atoms with Crippen LogP contribution in [0.15, 0.2) is 30.6 Å². The Hall–Kier alpha value is -1.92. The third-order valence-corrected chi connectivity index (χ3v) is 5.58. The van der Waals surface area contributed by atoms with Gasteiger partial charge in [-0.3, -0.25) is 14.6 Å². The van der Waals surface area contributed by atoms with E-state index in [4.69, 9.17) is 4.98 Å². The number of fused-ring (bicyclic) bond motifs is 1. The fourth-order valence-corrected chi connectivity index (χ4v) is 4.01. The SMILES string of the molecule is O=C(CN1CCN(Cc2cn3ccccc3n2)CC1)N1CCCCCC1. The Balaban J connectivity index is 1.25. The normalized spacial score (nSPS) is 20.4. The van der Waals surface area contributed by atoms with Gasteiger partial charge in [0.15, 0.2) is 0 Å². The lowest BCUT2D eigenvalue weighted by atomic mass is 10.2. The lowest BCUT2D eigenvalue weighted by Crippen LogP contribution is -2.49. The third-order valence-electron chi connectivity index (χ3n) is 5.58. The first kappa shape index (κ1) is 17.5. The minimum absolute atomic E-state index is 0.320. The van der Waals surface area contributed by atoms with Crippen LogP contribution in [0.25, 0.3) is 5.65 Å². The topological polar surface area (TPSA) is 44.1 Å². The number of piperazine rings is 1. The van der Waals surface area contributed by atoms with E-state index in [1.165, 1.54) is 25.7 Å². The van der Waals surface area contributed by atoms with Crippen LogP contribution in [0.5, 0.6) is 0 Å². The molecular weight excluding hydrogens is 326 g/mol. The van der Waals surface area contributed by atoms with Crippen LogP contribution in [0.2, 0.25) is 0 Å². The molecule has 6 heteroatoms. The van der Waals surface area contributed by atoms with Crippen LogP contribution in [0.3, 0.4) is 0 Å². The summed E-state index contributed by atoms with van der Waals surface area (Å²) in [5, 5.41) is 0. The van der Waals surface area contributed by atoms with Crippen LogP contribution < -0.4 is 0 Å². The van der Waals surface area contributed by atoms with E-state index in [9.17, 15) is 4.79 Å². The van der Waals surface area contributed by atoms with Crippen molar-refractivity contribution in [3.8, 4) is 0 Å². The molecule has 4 rings (SSSR count). The van der Waals surface area contributed by atoms with E-state index >= 15 is 0 Å². The largest absolute Gasteiger partial charge is 0.342 e. The summed E-state index contributed by atoms with van der Waals surface area (Å²) < 4.78 is 2.07. The zero-order chi connectivity index (χ0) is 17.8. The quantitative estimate of drug-likeness (QED) is 0.840. The molecule has 0 atom stereocenters. The summed E-state index contributed by atoms with van der Waals surface area (Å²) in [4.78, 5) is 24.1. The Labute approximate surface area is 155 Å². The van der Waals surface area contributed by atoms with Gasteiger partial charge in [0, 0.05) is 58.2 Å². The standard InChI is InChI=1S/C20H29N5O/c26-20(24-8-4-1-2-5-9-24)17-23-13-11-22(12-14-23)15-18-16-25-10-6-3-7-19(25)21-18/h3,6-7,10,16H,1-2,4-5,8-9,11-15,17H2. The zero-order valence-corrected chi connectivity index (χ0v) is 15.5. The molecule has 2 aromatic heterocycles. The fraction of sp³-hybridized carbons (Fsp3) is 0.600. The van der Waals surface area contributed by atoms with Gasteiger partial charge >= 0.3 is 0 Å². The molecule has 0 spiro atoms. The molecule has 1 amide bonds. The van der Waals surface area contributed by atoms with E-state index in [1.807, 2.05) is 24.4 Å².